The fraction of sp³-hybridized carbons (Fsp3) is 0.364. The normalized spacial score (nSPS) is 12.6. The molecular formula is C22H26N2O3. The van der Waals surface area contributed by atoms with E-state index >= 15 is 0 Å². The maximum absolute atomic E-state index is 6.10. The van der Waals surface area contributed by atoms with Gasteiger partial charge in [-0.25, -0.2) is 0 Å². The van der Waals surface area contributed by atoms with Crippen LogP contribution >= 0.6 is 0 Å². The molecular weight excluding hydrogens is 340 g/mol. The molecule has 1 aromatic heterocycles. The SMILES string of the molecule is COc1cc(-c2noc(CC(C)(C)C)n2)ccc1OC(C)c1ccccc1. The van der Waals surface area contributed by atoms with Crippen molar-refractivity contribution in [3.8, 4) is 22.9 Å². The Morgan fingerprint density at radius 3 is 2.44 bits per heavy atom. The molecule has 5 nitrogen and oxygen atoms in total. The Morgan fingerprint density at radius 2 is 1.78 bits per heavy atom. The molecule has 1 unspecified atom stereocenters. The highest BCUT2D eigenvalue weighted by Crippen LogP contribution is 2.34. The van der Waals surface area contributed by atoms with Crippen LogP contribution in [0, 0.1) is 5.41 Å². The molecule has 2 aromatic carbocycles. The van der Waals surface area contributed by atoms with Gasteiger partial charge in [-0.05, 0) is 36.1 Å². The van der Waals surface area contributed by atoms with Gasteiger partial charge in [0.1, 0.15) is 6.10 Å². The molecule has 0 amide bonds. The summed E-state index contributed by atoms with van der Waals surface area (Å²) in [5, 5.41) is 4.10. The quantitative estimate of drug-likeness (QED) is 0.579. The highest BCUT2D eigenvalue weighted by Gasteiger charge is 2.18. The van der Waals surface area contributed by atoms with Crippen LogP contribution in [0.3, 0.4) is 0 Å². The van der Waals surface area contributed by atoms with E-state index in [-0.39, 0.29) is 11.5 Å². The van der Waals surface area contributed by atoms with Crippen LogP contribution in [0.1, 0.15) is 45.3 Å². The predicted molar refractivity (Wildman–Crippen MR) is 105 cm³/mol. The van der Waals surface area contributed by atoms with Gasteiger partial charge in [-0.15, -0.1) is 0 Å². The van der Waals surface area contributed by atoms with Crippen LogP contribution in [0.4, 0.5) is 0 Å². The lowest BCUT2D eigenvalue weighted by molar-refractivity contribution is 0.216. The van der Waals surface area contributed by atoms with Crippen molar-refractivity contribution in [2.45, 2.75) is 40.2 Å². The maximum atomic E-state index is 6.10. The molecule has 0 saturated carbocycles. The first-order valence-electron chi connectivity index (χ1n) is 9.08. The Morgan fingerprint density at radius 1 is 1.04 bits per heavy atom. The van der Waals surface area contributed by atoms with Gasteiger partial charge < -0.3 is 14.0 Å². The monoisotopic (exact) mass is 366 g/mol. The van der Waals surface area contributed by atoms with Gasteiger partial charge in [0.2, 0.25) is 11.7 Å². The number of hydrogen-bond acceptors (Lipinski definition) is 5. The third kappa shape index (κ3) is 4.88. The smallest absolute Gasteiger partial charge is 0.227 e. The van der Waals surface area contributed by atoms with Crippen molar-refractivity contribution in [3.63, 3.8) is 0 Å². The third-order valence-corrected chi connectivity index (χ3v) is 4.14. The average Bonchev–Trinajstić information content (AvgIpc) is 3.09. The zero-order chi connectivity index (χ0) is 19.4. The van der Waals surface area contributed by atoms with Crippen LogP contribution in [0.2, 0.25) is 0 Å². The summed E-state index contributed by atoms with van der Waals surface area (Å²) in [4.78, 5) is 4.51. The van der Waals surface area contributed by atoms with Gasteiger partial charge in [-0.1, -0.05) is 56.3 Å². The van der Waals surface area contributed by atoms with E-state index in [1.54, 1.807) is 7.11 Å². The number of rotatable bonds is 6. The number of ether oxygens (including phenoxy) is 2. The van der Waals surface area contributed by atoms with Crippen molar-refractivity contribution < 1.29 is 14.0 Å². The van der Waals surface area contributed by atoms with Gasteiger partial charge in [0, 0.05) is 12.0 Å². The highest BCUT2D eigenvalue weighted by atomic mass is 16.5. The molecule has 0 bridgehead atoms. The van der Waals surface area contributed by atoms with E-state index in [1.807, 2.05) is 55.5 Å². The third-order valence-electron chi connectivity index (χ3n) is 4.14. The number of aromatic nitrogens is 2. The topological polar surface area (TPSA) is 57.4 Å². The van der Waals surface area contributed by atoms with Crippen LogP contribution in [-0.2, 0) is 6.42 Å². The second-order valence-electron chi connectivity index (χ2n) is 7.79. The second kappa shape index (κ2) is 7.82. The van der Waals surface area contributed by atoms with Crippen molar-refractivity contribution in [3.05, 3.63) is 60.0 Å². The Bertz CT molecular complexity index is 882. The zero-order valence-electron chi connectivity index (χ0n) is 16.5. The van der Waals surface area contributed by atoms with Gasteiger partial charge in [0.05, 0.1) is 7.11 Å². The van der Waals surface area contributed by atoms with Crippen molar-refractivity contribution in [2.75, 3.05) is 7.11 Å². The molecule has 0 spiro atoms. The summed E-state index contributed by atoms with van der Waals surface area (Å²) in [5.41, 5.74) is 2.02. The zero-order valence-corrected chi connectivity index (χ0v) is 16.5. The van der Waals surface area contributed by atoms with Crippen molar-refractivity contribution in [1.29, 1.82) is 0 Å². The molecule has 1 heterocycles. The molecule has 3 rings (SSSR count). The Labute approximate surface area is 160 Å². The summed E-state index contributed by atoms with van der Waals surface area (Å²) in [6.07, 6.45) is 0.641. The minimum Gasteiger partial charge on any atom is -0.493 e. The summed E-state index contributed by atoms with van der Waals surface area (Å²) >= 11 is 0. The van der Waals surface area contributed by atoms with Crippen molar-refractivity contribution in [1.82, 2.24) is 10.1 Å². The summed E-state index contributed by atoms with van der Waals surface area (Å²) < 4.78 is 17.0. The summed E-state index contributed by atoms with van der Waals surface area (Å²) in [5.74, 6) is 2.50. The summed E-state index contributed by atoms with van der Waals surface area (Å²) in [6, 6.07) is 15.8. The molecule has 0 N–H and O–H groups in total. The fourth-order valence-electron chi connectivity index (χ4n) is 2.78. The van der Waals surface area contributed by atoms with E-state index in [1.165, 1.54) is 0 Å². The molecule has 1 atom stereocenters. The second-order valence-corrected chi connectivity index (χ2v) is 7.79. The number of benzene rings is 2. The standard InChI is InChI=1S/C22H26N2O3/c1-15(16-9-7-6-8-10-16)26-18-12-11-17(13-19(18)25-5)21-23-20(27-24-21)14-22(2,3)4/h6-13,15H,14H2,1-5H3. The van der Waals surface area contributed by atoms with Gasteiger partial charge in [0.25, 0.3) is 0 Å². The van der Waals surface area contributed by atoms with Crippen LogP contribution in [0.25, 0.3) is 11.4 Å². The molecule has 142 valence electrons. The largest absolute Gasteiger partial charge is 0.493 e. The van der Waals surface area contributed by atoms with E-state index in [9.17, 15) is 0 Å². The van der Waals surface area contributed by atoms with Gasteiger partial charge in [-0.3, -0.25) is 0 Å². The minimum absolute atomic E-state index is 0.0884. The van der Waals surface area contributed by atoms with Gasteiger partial charge in [0.15, 0.2) is 11.5 Å². The Balaban J connectivity index is 1.80. The first kappa shape index (κ1) is 19.0. The van der Waals surface area contributed by atoms with E-state index in [0.29, 0.717) is 23.2 Å². The number of hydrogen-bond donors (Lipinski definition) is 0. The summed E-state index contributed by atoms with van der Waals surface area (Å²) in [7, 11) is 1.63. The summed E-state index contributed by atoms with van der Waals surface area (Å²) in [6.45, 7) is 8.43. The van der Waals surface area contributed by atoms with E-state index in [2.05, 4.69) is 30.9 Å². The van der Waals surface area contributed by atoms with Gasteiger partial charge >= 0.3 is 0 Å². The Kier molecular flexibility index (Phi) is 5.49. The predicted octanol–water partition coefficient (Wildman–Crippen LogP) is 5.47. The van der Waals surface area contributed by atoms with Gasteiger partial charge in [-0.2, -0.15) is 4.98 Å². The molecule has 0 fully saturated rings. The molecule has 0 aliphatic heterocycles. The fourth-order valence-corrected chi connectivity index (χ4v) is 2.78. The molecule has 27 heavy (non-hydrogen) atoms. The van der Waals surface area contributed by atoms with E-state index in [0.717, 1.165) is 17.5 Å². The van der Waals surface area contributed by atoms with Crippen LogP contribution < -0.4 is 9.47 Å². The van der Waals surface area contributed by atoms with Crippen molar-refractivity contribution >= 4 is 0 Å². The van der Waals surface area contributed by atoms with Crippen molar-refractivity contribution in [2.24, 2.45) is 5.41 Å². The molecule has 0 saturated heterocycles. The lowest BCUT2D eigenvalue weighted by Crippen LogP contribution is -2.09. The molecule has 0 aliphatic rings. The lowest BCUT2D eigenvalue weighted by atomic mass is 9.92. The van der Waals surface area contributed by atoms with E-state index in [4.69, 9.17) is 14.0 Å². The highest BCUT2D eigenvalue weighted by molar-refractivity contribution is 5.60. The van der Waals surface area contributed by atoms with Crippen LogP contribution in [-0.4, -0.2) is 17.3 Å². The first-order chi connectivity index (χ1) is 12.9. The number of methoxy groups -OCH3 is 1. The number of nitrogens with zero attached hydrogens (tertiary/aromatic N) is 2. The minimum atomic E-state index is -0.0884. The average molecular weight is 366 g/mol. The lowest BCUT2D eigenvalue weighted by Gasteiger charge is -2.17. The first-order valence-corrected chi connectivity index (χ1v) is 9.08. The van der Waals surface area contributed by atoms with E-state index < -0.39 is 0 Å². The van der Waals surface area contributed by atoms with Crippen LogP contribution in [0.15, 0.2) is 53.1 Å². The molecule has 3 aromatic rings. The Hall–Kier alpha value is -2.82. The molecule has 0 radical (unpaired) electrons. The maximum Gasteiger partial charge on any atom is 0.227 e. The molecule has 5 heteroatoms. The molecule has 0 aliphatic carbocycles. The van der Waals surface area contributed by atoms with Crippen LogP contribution in [0.5, 0.6) is 11.5 Å².